The lowest BCUT2D eigenvalue weighted by Crippen LogP contribution is -2.06. The van der Waals surface area contributed by atoms with Crippen LogP contribution in [0.4, 0.5) is 11.8 Å². The Morgan fingerprint density at radius 2 is 2.11 bits per heavy atom. The quantitative estimate of drug-likeness (QED) is 0.843. The number of rotatable bonds is 5. The molecule has 0 bridgehead atoms. The highest BCUT2D eigenvalue weighted by atomic mass is 16.5. The Bertz CT molecular complexity index is 503. The first-order valence-corrected chi connectivity index (χ1v) is 5.93. The Morgan fingerprint density at radius 3 is 2.78 bits per heavy atom. The minimum Gasteiger partial charge on any atom is -0.366 e. The normalized spacial score (nSPS) is 10.4. The van der Waals surface area contributed by atoms with Gasteiger partial charge in [-0.2, -0.15) is 4.98 Å². The molecule has 0 aliphatic carbocycles. The second-order valence-electron chi connectivity index (χ2n) is 3.95. The summed E-state index contributed by atoms with van der Waals surface area (Å²) in [5.41, 5.74) is 1.97. The van der Waals surface area contributed by atoms with E-state index in [-0.39, 0.29) is 0 Å². The number of anilines is 2. The predicted octanol–water partition coefficient (Wildman–Crippen LogP) is 2.13. The molecule has 2 heterocycles. The lowest BCUT2D eigenvalue weighted by Gasteiger charge is -2.07. The van der Waals surface area contributed by atoms with E-state index in [1.165, 1.54) is 0 Å². The molecule has 0 spiro atoms. The van der Waals surface area contributed by atoms with Crippen molar-refractivity contribution in [2.45, 2.75) is 27.3 Å². The van der Waals surface area contributed by atoms with Crippen LogP contribution >= 0.6 is 0 Å². The van der Waals surface area contributed by atoms with E-state index in [9.17, 15) is 0 Å². The molecule has 0 saturated carbocycles. The SMILES string of the molecule is CCNc1nccc(NCc2c(C)noc2C)n1. The number of aryl methyl sites for hydroxylation is 2. The maximum absolute atomic E-state index is 5.11. The van der Waals surface area contributed by atoms with Gasteiger partial charge in [-0.05, 0) is 26.8 Å². The van der Waals surface area contributed by atoms with Gasteiger partial charge in [-0.3, -0.25) is 0 Å². The van der Waals surface area contributed by atoms with Gasteiger partial charge in [-0.15, -0.1) is 0 Å². The van der Waals surface area contributed by atoms with Crippen LogP contribution in [0.25, 0.3) is 0 Å². The second-order valence-corrected chi connectivity index (χ2v) is 3.95. The van der Waals surface area contributed by atoms with E-state index in [0.29, 0.717) is 12.5 Å². The summed E-state index contributed by atoms with van der Waals surface area (Å²) in [6, 6.07) is 1.83. The zero-order valence-electron chi connectivity index (χ0n) is 10.8. The molecule has 2 aromatic rings. The highest BCUT2D eigenvalue weighted by molar-refractivity contribution is 5.40. The van der Waals surface area contributed by atoms with Crippen molar-refractivity contribution in [3.8, 4) is 0 Å². The fraction of sp³-hybridized carbons (Fsp3) is 0.417. The Balaban J connectivity index is 2.04. The zero-order valence-corrected chi connectivity index (χ0v) is 10.8. The van der Waals surface area contributed by atoms with Crippen LogP contribution in [0.5, 0.6) is 0 Å². The third-order valence-corrected chi connectivity index (χ3v) is 2.62. The van der Waals surface area contributed by atoms with Crippen LogP contribution in [0.1, 0.15) is 23.9 Å². The Kier molecular flexibility index (Phi) is 3.76. The monoisotopic (exact) mass is 247 g/mol. The van der Waals surface area contributed by atoms with Gasteiger partial charge in [0.05, 0.1) is 5.69 Å². The largest absolute Gasteiger partial charge is 0.366 e. The first kappa shape index (κ1) is 12.3. The molecular weight excluding hydrogens is 230 g/mol. The predicted molar refractivity (Wildman–Crippen MR) is 69.5 cm³/mol. The Hall–Kier alpha value is -2.11. The lowest BCUT2D eigenvalue weighted by molar-refractivity contribution is 0.392. The van der Waals surface area contributed by atoms with E-state index in [2.05, 4.69) is 25.8 Å². The molecule has 2 rings (SSSR count). The summed E-state index contributed by atoms with van der Waals surface area (Å²) in [6.07, 6.45) is 1.72. The van der Waals surface area contributed by atoms with Crippen molar-refractivity contribution < 1.29 is 4.52 Å². The topological polar surface area (TPSA) is 75.9 Å². The fourth-order valence-corrected chi connectivity index (χ4v) is 1.63. The van der Waals surface area contributed by atoms with Crippen LogP contribution in [-0.2, 0) is 6.54 Å². The Labute approximate surface area is 106 Å². The molecule has 2 aromatic heterocycles. The summed E-state index contributed by atoms with van der Waals surface area (Å²) < 4.78 is 5.11. The van der Waals surface area contributed by atoms with Gasteiger partial charge in [0.25, 0.3) is 0 Å². The first-order valence-electron chi connectivity index (χ1n) is 5.93. The molecule has 0 aromatic carbocycles. The highest BCUT2D eigenvalue weighted by Gasteiger charge is 2.08. The molecule has 0 atom stereocenters. The van der Waals surface area contributed by atoms with Crippen LogP contribution in [-0.4, -0.2) is 21.7 Å². The number of hydrogen-bond acceptors (Lipinski definition) is 6. The van der Waals surface area contributed by atoms with Gasteiger partial charge in [-0.25, -0.2) is 4.98 Å². The summed E-state index contributed by atoms with van der Waals surface area (Å²) in [4.78, 5) is 8.45. The molecule has 0 fully saturated rings. The van der Waals surface area contributed by atoms with Crippen molar-refractivity contribution in [1.82, 2.24) is 15.1 Å². The summed E-state index contributed by atoms with van der Waals surface area (Å²) in [5.74, 6) is 2.24. The molecule has 0 aliphatic rings. The molecule has 96 valence electrons. The van der Waals surface area contributed by atoms with Crippen LogP contribution < -0.4 is 10.6 Å². The number of nitrogens with one attached hydrogen (secondary N) is 2. The van der Waals surface area contributed by atoms with E-state index in [4.69, 9.17) is 4.52 Å². The van der Waals surface area contributed by atoms with E-state index >= 15 is 0 Å². The lowest BCUT2D eigenvalue weighted by atomic mass is 10.2. The van der Waals surface area contributed by atoms with E-state index < -0.39 is 0 Å². The third kappa shape index (κ3) is 2.77. The molecule has 6 nitrogen and oxygen atoms in total. The smallest absolute Gasteiger partial charge is 0.224 e. The number of nitrogens with zero attached hydrogens (tertiary/aromatic N) is 3. The highest BCUT2D eigenvalue weighted by Crippen LogP contribution is 2.14. The van der Waals surface area contributed by atoms with Gasteiger partial charge in [0.1, 0.15) is 11.6 Å². The fourth-order valence-electron chi connectivity index (χ4n) is 1.63. The van der Waals surface area contributed by atoms with E-state index in [1.807, 2.05) is 26.8 Å². The number of hydrogen-bond donors (Lipinski definition) is 2. The van der Waals surface area contributed by atoms with Crippen LogP contribution in [0.3, 0.4) is 0 Å². The summed E-state index contributed by atoms with van der Waals surface area (Å²) in [7, 11) is 0. The zero-order chi connectivity index (χ0) is 13.0. The first-order chi connectivity index (χ1) is 8.70. The van der Waals surface area contributed by atoms with Gasteiger partial charge in [0, 0.05) is 24.8 Å². The molecule has 0 saturated heterocycles. The molecule has 0 amide bonds. The van der Waals surface area contributed by atoms with Gasteiger partial charge < -0.3 is 15.2 Å². The number of aromatic nitrogens is 3. The average molecular weight is 247 g/mol. The van der Waals surface area contributed by atoms with Crippen molar-refractivity contribution in [3.63, 3.8) is 0 Å². The second kappa shape index (κ2) is 5.48. The maximum Gasteiger partial charge on any atom is 0.224 e. The maximum atomic E-state index is 5.11. The molecule has 0 unspecified atom stereocenters. The van der Waals surface area contributed by atoms with Crippen molar-refractivity contribution in [2.24, 2.45) is 0 Å². The molecule has 0 aliphatic heterocycles. The Morgan fingerprint density at radius 1 is 1.28 bits per heavy atom. The molecule has 0 radical (unpaired) electrons. The van der Waals surface area contributed by atoms with Crippen LogP contribution in [0.15, 0.2) is 16.8 Å². The average Bonchev–Trinajstić information content (AvgIpc) is 2.68. The van der Waals surface area contributed by atoms with Gasteiger partial charge in [0.2, 0.25) is 5.95 Å². The van der Waals surface area contributed by atoms with Gasteiger partial charge >= 0.3 is 0 Å². The molecule has 18 heavy (non-hydrogen) atoms. The molecular formula is C12H17N5O. The standard InChI is InChI=1S/C12H17N5O/c1-4-13-12-14-6-5-11(16-12)15-7-10-8(2)17-18-9(10)3/h5-6H,4,7H2,1-3H3,(H2,13,14,15,16). The van der Waals surface area contributed by atoms with E-state index in [0.717, 1.165) is 29.4 Å². The van der Waals surface area contributed by atoms with Gasteiger partial charge in [-0.1, -0.05) is 5.16 Å². The molecule has 2 N–H and O–H groups in total. The summed E-state index contributed by atoms with van der Waals surface area (Å²) in [6.45, 7) is 7.28. The van der Waals surface area contributed by atoms with Gasteiger partial charge in [0.15, 0.2) is 0 Å². The van der Waals surface area contributed by atoms with Crippen molar-refractivity contribution in [1.29, 1.82) is 0 Å². The molecule has 6 heteroatoms. The van der Waals surface area contributed by atoms with Crippen molar-refractivity contribution in [2.75, 3.05) is 17.2 Å². The van der Waals surface area contributed by atoms with E-state index in [1.54, 1.807) is 6.20 Å². The minimum absolute atomic E-state index is 0.626. The van der Waals surface area contributed by atoms with Crippen molar-refractivity contribution >= 4 is 11.8 Å². The third-order valence-electron chi connectivity index (χ3n) is 2.62. The summed E-state index contributed by atoms with van der Waals surface area (Å²) in [5, 5.41) is 10.2. The summed E-state index contributed by atoms with van der Waals surface area (Å²) >= 11 is 0. The van der Waals surface area contributed by atoms with Crippen LogP contribution in [0.2, 0.25) is 0 Å². The van der Waals surface area contributed by atoms with Crippen molar-refractivity contribution in [3.05, 3.63) is 29.3 Å². The van der Waals surface area contributed by atoms with Crippen LogP contribution in [0, 0.1) is 13.8 Å². The minimum atomic E-state index is 0.626.